The number of nitrogens with two attached hydrogens (primary N) is 1. The molecule has 0 spiro atoms. The number of nitrogens with zero attached hydrogens (tertiary/aromatic N) is 2. The molecule has 72 valence electrons. The van der Waals surface area contributed by atoms with E-state index in [2.05, 4.69) is 5.10 Å². The number of carbonyl (C=O) groups is 1. The summed E-state index contributed by atoms with van der Waals surface area (Å²) in [5.74, 6) is 4.32. The first kappa shape index (κ1) is 9.85. The lowest BCUT2D eigenvalue weighted by Crippen LogP contribution is -2.02. The molecule has 0 aliphatic carbocycles. The van der Waals surface area contributed by atoms with Gasteiger partial charge in [0.1, 0.15) is 0 Å². The first-order valence-corrected chi connectivity index (χ1v) is 3.67. The van der Waals surface area contributed by atoms with Crippen molar-refractivity contribution in [1.82, 2.24) is 0 Å². The third kappa shape index (κ3) is 2.13. The van der Waals surface area contributed by atoms with Gasteiger partial charge in [0.05, 0.1) is 11.1 Å². The summed E-state index contributed by atoms with van der Waals surface area (Å²) in [5.41, 5.74) is 0.0506. The van der Waals surface area contributed by atoms with Crippen molar-refractivity contribution in [2.75, 3.05) is 0 Å². The first-order chi connectivity index (χ1) is 6.65. The lowest BCUT2D eigenvalue weighted by Gasteiger charge is -1.94. The number of benzene rings is 1. The average molecular weight is 193 g/mol. The molecule has 0 aliphatic rings. The largest absolute Gasteiger partial charge is 0.323 e. The second-order valence-corrected chi connectivity index (χ2v) is 2.45. The predicted octanol–water partition coefficient (Wildman–Crippen LogP) is 0.722. The third-order valence-corrected chi connectivity index (χ3v) is 1.53. The van der Waals surface area contributed by atoms with Gasteiger partial charge in [0.15, 0.2) is 0 Å². The van der Waals surface area contributed by atoms with Gasteiger partial charge in [-0.15, -0.1) is 0 Å². The fraction of sp³-hybridized carbons (Fsp3) is 0. The van der Waals surface area contributed by atoms with Crippen molar-refractivity contribution in [2.24, 2.45) is 10.9 Å². The van der Waals surface area contributed by atoms with Crippen LogP contribution in [0.25, 0.3) is 0 Å². The Balaban J connectivity index is 3.05. The molecular formula is C8H7N3O3. The molecule has 0 saturated heterocycles. The van der Waals surface area contributed by atoms with E-state index in [0.717, 1.165) is 6.21 Å². The summed E-state index contributed by atoms with van der Waals surface area (Å²) in [6.45, 7) is 0. The van der Waals surface area contributed by atoms with Gasteiger partial charge in [0.25, 0.3) is 5.69 Å². The number of hydrazone groups is 1. The maximum atomic E-state index is 11.2. The van der Waals surface area contributed by atoms with Gasteiger partial charge in [0, 0.05) is 17.7 Å². The lowest BCUT2D eigenvalue weighted by atomic mass is 10.1. The highest BCUT2D eigenvalue weighted by Crippen LogP contribution is 2.12. The molecule has 1 aromatic carbocycles. The molecule has 6 heteroatoms. The topological polar surface area (TPSA) is 98.6 Å². The number of nitro groups is 1. The first-order valence-electron chi connectivity index (χ1n) is 3.67. The number of hydrogen-bond acceptors (Lipinski definition) is 5. The smallest absolute Gasteiger partial charge is 0.270 e. The van der Waals surface area contributed by atoms with Gasteiger partial charge >= 0.3 is 0 Å². The van der Waals surface area contributed by atoms with Crippen LogP contribution < -0.4 is 5.84 Å². The van der Waals surface area contributed by atoms with Crippen LogP contribution in [0.1, 0.15) is 10.4 Å². The van der Waals surface area contributed by atoms with Gasteiger partial charge in [-0.1, -0.05) is 12.1 Å². The van der Waals surface area contributed by atoms with Crippen molar-refractivity contribution >= 4 is 17.7 Å². The molecule has 0 radical (unpaired) electrons. The van der Waals surface area contributed by atoms with Crippen LogP contribution in [0.2, 0.25) is 0 Å². The van der Waals surface area contributed by atoms with Gasteiger partial charge in [-0.25, -0.2) is 0 Å². The number of ketones is 1. The molecule has 0 unspecified atom stereocenters. The van der Waals surface area contributed by atoms with E-state index in [4.69, 9.17) is 5.84 Å². The van der Waals surface area contributed by atoms with E-state index in [1.165, 1.54) is 24.3 Å². The van der Waals surface area contributed by atoms with Gasteiger partial charge in [-0.05, 0) is 0 Å². The Kier molecular flexibility index (Phi) is 2.90. The Bertz CT molecular complexity index is 401. The number of nitro benzene ring substituents is 1. The van der Waals surface area contributed by atoms with Crippen LogP contribution in [-0.4, -0.2) is 16.9 Å². The van der Waals surface area contributed by atoms with Gasteiger partial charge < -0.3 is 5.84 Å². The van der Waals surface area contributed by atoms with Crippen LogP contribution in [0.4, 0.5) is 5.69 Å². The molecular weight excluding hydrogens is 186 g/mol. The van der Waals surface area contributed by atoms with E-state index in [-0.39, 0.29) is 11.3 Å². The molecule has 0 bridgehead atoms. The van der Waals surface area contributed by atoms with Gasteiger partial charge in [-0.3, -0.25) is 14.9 Å². The van der Waals surface area contributed by atoms with E-state index in [1.54, 1.807) is 0 Å². The van der Waals surface area contributed by atoms with E-state index < -0.39 is 10.7 Å². The SMILES string of the molecule is N/N=C\C(=O)c1cccc([N+](=O)[O-])c1. The van der Waals surface area contributed by atoms with Gasteiger partial charge in [-0.2, -0.15) is 5.10 Å². The Morgan fingerprint density at radius 3 is 2.86 bits per heavy atom. The van der Waals surface area contributed by atoms with Crippen LogP contribution in [0, 0.1) is 10.1 Å². The predicted molar refractivity (Wildman–Crippen MR) is 50.1 cm³/mol. The maximum Gasteiger partial charge on any atom is 0.270 e. The Hall–Kier alpha value is -2.24. The van der Waals surface area contributed by atoms with E-state index in [0.29, 0.717) is 0 Å². The van der Waals surface area contributed by atoms with Crippen LogP contribution in [-0.2, 0) is 0 Å². The van der Waals surface area contributed by atoms with Crippen molar-refractivity contribution in [3.8, 4) is 0 Å². The zero-order chi connectivity index (χ0) is 10.6. The van der Waals surface area contributed by atoms with Crippen LogP contribution >= 0.6 is 0 Å². The minimum absolute atomic E-state index is 0.138. The lowest BCUT2D eigenvalue weighted by molar-refractivity contribution is -0.384. The molecule has 0 amide bonds. The fourth-order valence-corrected chi connectivity index (χ4v) is 0.915. The molecule has 0 atom stereocenters. The molecule has 0 aromatic heterocycles. The van der Waals surface area contributed by atoms with Crippen LogP contribution in [0.3, 0.4) is 0 Å². The zero-order valence-corrected chi connectivity index (χ0v) is 7.08. The zero-order valence-electron chi connectivity index (χ0n) is 7.08. The number of non-ortho nitro benzene ring substituents is 1. The normalized spacial score (nSPS) is 10.3. The van der Waals surface area contributed by atoms with E-state index in [1.807, 2.05) is 0 Å². The summed E-state index contributed by atoms with van der Waals surface area (Å²) in [6.07, 6.45) is 0.902. The van der Waals surface area contributed by atoms with Crippen molar-refractivity contribution in [3.63, 3.8) is 0 Å². The quantitative estimate of drug-likeness (QED) is 0.251. The second-order valence-electron chi connectivity index (χ2n) is 2.45. The molecule has 6 nitrogen and oxygen atoms in total. The molecule has 0 fully saturated rings. The molecule has 0 aliphatic heterocycles. The standard InChI is InChI=1S/C8H7N3O3/c9-10-5-8(12)6-2-1-3-7(4-6)11(13)14/h1-5H,9H2/b10-5-. The second kappa shape index (κ2) is 4.13. The van der Waals surface area contributed by atoms with Crippen molar-refractivity contribution in [1.29, 1.82) is 0 Å². The van der Waals surface area contributed by atoms with Crippen molar-refractivity contribution in [2.45, 2.75) is 0 Å². The molecule has 14 heavy (non-hydrogen) atoms. The highest BCUT2D eigenvalue weighted by atomic mass is 16.6. The monoisotopic (exact) mass is 193 g/mol. The summed E-state index contributed by atoms with van der Waals surface area (Å²) in [7, 11) is 0. The Morgan fingerprint density at radius 1 is 1.57 bits per heavy atom. The summed E-state index contributed by atoms with van der Waals surface area (Å²) < 4.78 is 0. The average Bonchev–Trinajstić information content (AvgIpc) is 2.18. The Labute approximate surface area is 79.2 Å². The summed E-state index contributed by atoms with van der Waals surface area (Å²) in [5, 5.41) is 13.4. The number of carbonyl (C=O) groups excluding carboxylic acids is 1. The molecule has 0 saturated carbocycles. The summed E-state index contributed by atoms with van der Waals surface area (Å²) in [4.78, 5) is 21.0. The third-order valence-electron chi connectivity index (χ3n) is 1.53. The minimum Gasteiger partial charge on any atom is -0.323 e. The minimum atomic E-state index is -0.573. The van der Waals surface area contributed by atoms with E-state index >= 15 is 0 Å². The van der Waals surface area contributed by atoms with Crippen molar-refractivity contribution in [3.05, 3.63) is 39.9 Å². The van der Waals surface area contributed by atoms with Gasteiger partial charge in [0.2, 0.25) is 5.78 Å². The maximum absolute atomic E-state index is 11.2. The molecule has 0 heterocycles. The highest BCUT2D eigenvalue weighted by Gasteiger charge is 2.09. The number of Topliss-reactive ketones (excluding diaryl/α,β-unsaturated/α-hetero) is 1. The summed E-state index contributed by atoms with van der Waals surface area (Å²) in [6, 6.07) is 5.35. The molecule has 2 N–H and O–H groups in total. The summed E-state index contributed by atoms with van der Waals surface area (Å²) >= 11 is 0. The van der Waals surface area contributed by atoms with E-state index in [9.17, 15) is 14.9 Å². The number of hydrogen-bond donors (Lipinski definition) is 1. The Morgan fingerprint density at radius 2 is 2.29 bits per heavy atom. The van der Waals surface area contributed by atoms with Crippen LogP contribution in [0.5, 0.6) is 0 Å². The highest BCUT2D eigenvalue weighted by molar-refractivity contribution is 6.35. The molecule has 1 aromatic rings. The number of rotatable bonds is 3. The molecule has 1 rings (SSSR count). The van der Waals surface area contributed by atoms with Crippen molar-refractivity contribution < 1.29 is 9.72 Å². The fourth-order valence-electron chi connectivity index (χ4n) is 0.915. The van der Waals surface area contributed by atoms with Crippen LogP contribution in [0.15, 0.2) is 29.4 Å².